The van der Waals surface area contributed by atoms with Crippen LogP contribution in [0.5, 0.6) is 5.75 Å². The summed E-state index contributed by atoms with van der Waals surface area (Å²) in [6, 6.07) is 23.4. The number of ether oxygens (including phenoxy) is 1. The number of thioether (sulfide) groups is 1. The summed E-state index contributed by atoms with van der Waals surface area (Å²) in [4.78, 5) is 21.0. The Kier molecular flexibility index (Phi) is 5.83. The van der Waals surface area contributed by atoms with Gasteiger partial charge >= 0.3 is 0 Å². The summed E-state index contributed by atoms with van der Waals surface area (Å²) in [5.74, 6) is 0.716. The number of fused-ring (bicyclic) bond motifs is 1. The van der Waals surface area contributed by atoms with Gasteiger partial charge in [-0.05, 0) is 54.3 Å². The largest absolute Gasteiger partial charge is 0.497 e. The fourth-order valence-corrected chi connectivity index (χ4v) is 4.42. The highest BCUT2D eigenvalue weighted by molar-refractivity contribution is 7.98. The standard InChI is InChI=1S/C23H20N2O2S2/c1-27-18-10-13-20-21(14-18)29-23(24-20)25(15-16-6-4-3-5-7-16)22(26)17-8-11-19(28-2)12-9-17/h3-14H,15H2,1-2H3. The molecule has 0 spiro atoms. The van der Waals surface area contributed by atoms with Crippen LogP contribution in [0.25, 0.3) is 10.2 Å². The predicted octanol–water partition coefficient (Wildman–Crippen LogP) is 5.87. The van der Waals surface area contributed by atoms with Crippen molar-refractivity contribution in [1.82, 2.24) is 4.98 Å². The zero-order chi connectivity index (χ0) is 20.2. The van der Waals surface area contributed by atoms with Crippen LogP contribution in [0.1, 0.15) is 15.9 Å². The molecule has 0 aliphatic carbocycles. The van der Waals surface area contributed by atoms with Gasteiger partial charge in [0.25, 0.3) is 5.91 Å². The van der Waals surface area contributed by atoms with Crippen LogP contribution in [0.15, 0.2) is 77.7 Å². The van der Waals surface area contributed by atoms with Crippen LogP contribution in [0.2, 0.25) is 0 Å². The van der Waals surface area contributed by atoms with E-state index in [9.17, 15) is 4.79 Å². The lowest BCUT2D eigenvalue weighted by Gasteiger charge is -2.20. The van der Waals surface area contributed by atoms with E-state index in [1.165, 1.54) is 11.3 Å². The van der Waals surface area contributed by atoms with Gasteiger partial charge in [-0.3, -0.25) is 9.69 Å². The summed E-state index contributed by atoms with van der Waals surface area (Å²) in [6.07, 6.45) is 2.02. The fraction of sp³-hybridized carbons (Fsp3) is 0.130. The number of thiazole rings is 1. The van der Waals surface area contributed by atoms with Gasteiger partial charge in [-0.25, -0.2) is 4.98 Å². The van der Waals surface area contributed by atoms with Crippen molar-refractivity contribution in [3.63, 3.8) is 0 Å². The Balaban J connectivity index is 1.74. The summed E-state index contributed by atoms with van der Waals surface area (Å²) in [5, 5.41) is 0.677. The van der Waals surface area contributed by atoms with E-state index in [1.54, 1.807) is 23.8 Å². The van der Waals surface area contributed by atoms with Crippen LogP contribution in [-0.4, -0.2) is 24.3 Å². The molecule has 0 saturated heterocycles. The topological polar surface area (TPSA) is 42.4 Å². The summed E-state index contributed by atoms with van der Waals surface area (Å²) < 4.78 is 6.31. The van der Waals surface area contributed by atoms with E-state index in [2.05, 4.69) is 0 Å². The number of hydrogen-bond acceptors (Lipinski definition) is 5. The highest BCUT2D eigenvalue weighted by Gasteiger charge is 2.22. The first kappa shape index (κ1) is 19.5. The lowest BCUT2D eigenvalue weighted by Crippen LogP contribution is -2.30. The van der Waals surface area contributed by atoms with Gasteiger partial charge in [0, 0.05) is 10.5 Å². The summed E-state index contributed by atoms with van der Waals surface area (Å²) in [6.45, 7) is 0.459. The molecule has 0 atom stereocenters. The fourth-order valence-electron chi connectivity index (χ4n) is 3.02. The maximum atomic E-state index is 13.4. The van der Waals surface area contributed by atoms with Gasteiger partial charge in [0.15, 0.2) is 5.13 Å². The number of nitrogens with zero attached hydrogens (tertiary/aromatic N) is 2. The average molecular weight is 421 g/mol. The minimum atomic E-state index is -0.0625. The maximum Gasteiger partial charge on any atom is 0.260 e. The number of hydrogen-bond donors (Lipinski definition) is 0. The van der Waals surface area contributed by atoms with Crippen molar-refractivity contribution in [2.45, 2.75) is 11.4 Å². The Morgan fingerprint density at radius 1 is 1.07 bits per heavy atom. The normalized spacial score (nSPS) is 10.8. The molecule has 6 heteroatoms. The number of methoxy groups -OCH3 is 1. The molecule has 146 valence electrons. The Morgan fingerprint density at radius 3 is 2.52 bits per heavy atom. The Morgan fingerprint density at radius 2 is 1.83 bits per heavy atom. The highest BCUT2D eigenvalue weighted by Crippen LogP contribution is 2.33. The van der Waals surface area contributed by atoms with Gasteiger partial charge in [-0.2, -0.15) is 0 Å². The second-order valence-electron chi connectivity index (χ2n) is 6.44. The van der Waals surface area contributed by atoms with Crippen molar-refractivity contribution in [2.24, 2.45) is 0 Å². The van der Waals surface area contributed by atoms with Crippen molar-refractivity contribution in [1.29, 1.82) is 0 Å². The lowest BCUT2D eigenvalue weighted by atomic mass is 10.1. The number of aromatic nitrogens is 1. The number of carbonyl (C=O) groups excluding carboxylic acids is 1. The molecule has 1 aromatic heterocycles. The third-order valence-electron chi connectivity index (χ3n) is 4.58. The monoisotopic (exact) mass is 420 g/mol. The molecule has 0 radical (unpaired) electrons. The zero-order valence-electron chi connectivity index (χ0n) is 16.2. The van der Waals surface area contributed by atoms with Gasteiger partial charge in [0.1, 0.15) is 5.75 Å². The van der Waals surface area contributed by atoms with Gasteiger partial charge in [0.05, 0.1) is 23.9 Å². The van der Waals surface area contributed by atoms with Crippen LogP contribution >= 0.6 is 23.1 Å². The van der Waals surface area contributed by atoms with Crippen molar-refractivity contribution in [2.75, 3.05) is 18.3 Å². The van der Waals surface area contributed by atoms with Gasteiger partial charge in [-0.15, -0.1) is 11.8 Å². The molecule has 0 saturated carbocycles. The molecule has 1 heterocycles. The number of rotatable bonds is 6. The number of amides is 1. The molecule has 4 aromatic rings. The summed E-state index contributed by atoms with van der Waals surface area (Å²) in [7, 11) is 1.65. The third-order valence-corrected chi connectivity index (χ3v) is 6.37. The van der Waals surface area contributed by atoms with Gasteiger partial charge in [-0.1, -0.05) is 41.7 Å². The van der Waals surface area contributed by atoms with Crippen molar-refractivity contribution < 1.29 is 9.53 Å². The van der Waals surface area contributed by atoms with E-state index in [0.29, 0.717) is 17.2 Å². The third kappa shape index (κ3) is 4.28. The van der Waals surface area contributed by atoms with Crippen molar-refractivity contribution in [3.8, 4) is 5.75 Å². The smallest absolute Gasteiger partial charge is 0.260 e. The minimum Gasteiger partial charge on any atom is -0.497 e. The first-order valence-electron chi connectivity index (χ1n) is 9.12. The van der Waals surface area contributed by atoms with Gasteiger partial charge < -0.3 is 4.74 Å². The molecule has 0 N–H and O–H groups in total. The van der Waals surface area contributed by atoms with Gasteiger partial charge in [0.2, 0.25) is 0 Å². The predicted molar refractivity (Wildman–Crippen MR) is 121 cm³/mol. The van der Waals surface area contributed by atoms with Crippen LogP contribution in [0.4, 0.5) is 5.13 Å². The molecule has 3 aromatic carbocycles. The molecule has 4 nitrogen and oxygen atoms in total. The summed E-state index contributed by atoms with van der Waals surface area (Å²) in [5.41, 5.74) is 2.56. The molecule has 0 fully saturated rings. The van der Waals surface area contributed by atoms with E-state index in [-0.39, 0.29) is 5.91 Å². The van der Waals surface area contributed by atoms with Crippen LogP contribution in [0, 0.1) is 0 Å². The van der Waals surface area contributed by atoms with Crippen LogP contribution < -0.4 is 9.64 Å². The first-order chi connectivity index (χ1) is 14.2. The lowest BCUT2D eigenvalue weighted by molar-refractivity contribution is 0.0985. The van der Waals surface area contributed by atoms with E-state index in [0.717, 1.165) is 26.4 Å². The van der Waals surface area contributed by atoms with Crippen molar-refractivity contribution >= 4 is 44.4 Å². The van der Waals surface area contributed by atoms with E-state index >= 15 is 0 Å². The van der Waals surface area contributed by atoms with E-state index in [1.807, 2.05) is 79.1 Å². The minimum absolute atomic E-state index is 0.0625. The molecule has 29 heavy (non-hydrogen) atoms. The van der Waals surface area contributed by atoms with E-state index in [4.69, 9.17) is 9.72 Å². The zero-order valence-corrected chi connectivity index (χ0v) is 17.8. The second kappa shape index (κ2) is 8.68. The Labute approximate surface area is 178 Å². The molecule has 0 aliphatic heterocycles. The second-order valence-corrected chi connectivity index (χ2v) is 8.32. The van der Waals surface area contributed by atoms with Crippen LogP contribution in [-0.2, 0) is 6.54 Å². The molecular weight excluding hydrogens is 400 g/mol. The first-order valence-corrected chi connectivity index (χ1v) is 11.2. The Hall–Kier alpha value is -2.83. The number of benzene rings is 3. The number of anilines is 1. The quantitative estimate of drug-likeness (QED) is 0.366. The highest BCUT2D eigenvalue weighted by atomic mass is 32.2. The van der Waals surface area contributed by atoms with Crippen molar-refractivity contribution in [3.05, 3.63) is 83.9 Å². The molecule has 4 rings (SSSR count). The maximum absolute atomic E-state index is 13.4. The number of carbonyl (C=O) groups is 1. The molecule has 1 amide bonds. The van der Waals surface area contributed by atoms with Crippen LogP contribution in [0.3, 0.4) is 0 Å². The molecule has 0 bridgehead atoms. The molecular formula is C23H20N2O2S2. The Bertz CT molecular complexity index is 1120. The molecule has 0 aliphatic rings. The molecule has 0 unspecified atom stereocenters. The average Bonchev–Trinajstić information content (AvgIpc) is 3.20. The SMILES string of the molecule is COc1ccc2nc(N(Cc3ccccc3)C(=O)c3ccc(SC)cc3)sc2c1. The van der Waals surface area contributed by atoms with E-state index < -0.39 is 0 Å². The summed E-state index contributed by atoms with van der Waals surface area (Å²) >= 11 is 3.15.